The number of rotatable bonds is 5. The van der Waals surface area contributed by atoms with E-state index in [0.717, 1.165) is 12.3 Å². The Balaban J connectivity index is 3.10. The number of pyridine rings is 1. The van der Waals surface area contributed by atoms with Crippen LogP contribution in [0.15, 0.2) is 17.2 Å². The van der Waals surface area contributed by atoms with Crippen LogP contribution in [-0.4, -0.2) is 25.4 Å². The highest BCUT2D eigenvalue weighted by Gasteiger charge is 2.27. The third-order valence-electron chi connectivity index (χ3n) is 2.34. The number of hydrogen-bond acceptors (Lipinski definition) is 4. The molecule has 0 aliphatic rings. The van der Waals surface area contributed by atoms with Gasteiger partial charge in [0, 0.05) is 6.20 Å². The predicted molar refractivity (Wildman–Crippen MR) is 72.4 cm³/mol. The van der Waals surface area contributed by atoms with Crippen LogP contribution >= 0.6 is 23.2 Å². The van der Waals surface area contributed by atoms with E-state index < -0.39 is 22.0 Å². The standard InChI is InChI=1S/C10H13Cl2N3O3S/c1-5(2)8(10(13)16)15-19(17,18)6-3-7(11)9(12)14-4-6/h3-5,8,15H,1-2H3,(H2,13,16). The number of carbonyl (C=O) groups is 1. The van der Waals surface area contributed by atoms with Crippen molar-refractivity contribution in [1.82, 2.24) is 9.71 Å². The van der Waals surface area contributed by atoms with Gasteiger partial charge in [-0.3, -0.25) is 4.79 Å². The summed E-state index contributed by atoms with van der Waals surface area (Å²) in [4.78, 5) is 14.7. The molecule has 0 radical (unpaired) electrons. The number of hydrogen-bond donors (Lipinski definition) is 2. The summed E-state index contributed by atoms with van der Waals surface area (Å²) in [6.07, 6.45) is 1.05. The van der Waals surface area contributed by atoms with E-state index in [0.29, 0.717) is 0 Å². The van der Waals surface area contributed by atoms with Crippen LogP contribution in [0.5, 0.6) is 0 Å². The fourth-order valence-electron chi connectivity index (χ4n) is 1.31. The summed E-state index contributed by atoms with van der Waals surface area (Å²) in [6, 6.07) is 0.136. The van der Waals surface area contributed by atoms with Gasteiger partial charge in [0.15, 0.2) is 0 Å². The average Bonchev–Trinajstić information content (AvgIpc) is 2.28. The van der Waals surface area contributed by atoms with Gasteiger partial charge in [-0.1, -0.05) is 37.0 Å². The Bertz CT molecular complexity index is 590. The molecule has 0 saturated heterocycles. The highest BCUT2D eigenvalue weighted by atomic mass is 35.5. The first-order chi connectivity index (χ1) is 8.65. The molecule has 1 atom stereocenters. The van der Waals surface area contributed by atoms with Crippen LogP contribution < -0.4 is 10.5 Å². The van der Waals surface area contributed by atoms with Crippen molar-refractivity contribution in [3.8, 4) is 0 Å². The summed E-state index contributed by atoms with van der Waals surface area (Å²) in [5, 5.41) is 0.000594. The predicted octanol–water partition coefficient (Wildman–Crippen LogP) is 1.18. The van der Waals surface area contributed by atoms with Gasteiger partial charge in [-0.2, -0.15) is 4.72 Å². The van der Waals surface area contributed by atoms with Crippen LogP contribution in [0, 0.1) is 5.92 Å². The van der Waals surface area contributed by atoms with E-state index in [1.54, 1.807) is 13.8 Å². The van der Waals surface area contributed by atoms with Gasteiger partial charge < -0.3 is 5.73 Å². The van der Waals surface area contributed by atoms with Crippen LogP contribution in [0.3, 0.4) is 0 Å². The topological polar surface area (TPSA) is 102 Å². The molecule has 0 saturated carbocycles. The number of aromatic nitrogens is 1. The number of nitrogens with zero attached hydrogens (tertiary/aromatic N) is 1. The first-order valence-electron chi connectivity index (χ1n) is 5.28. The Hall–Kier alpha value is -0.890. The molecule has 3 N–H and O–H groups in total. The molecule has 1 amide bonds. The second-order valence-corrected chi connectivity index (χ2v) is 6.67. The van der Waals surface area contributed by atoms with Crippen LogP contribution in [0.2, 0.25) is 10.2 Å². The molecule has 1 heterocycles. The van der Waals surface area contributed by atoms with E-state index in [4.69, 9.17) is 28.9 Å². The van der Waals surface area contributed by atoms with E-state index in [9.17, 15) is 13.2 Å². The Morgan fingerprint density at radius 2 is 2.00 bits per heavy atom. The fourth-order valence-corrected chi connectivity index (χ4v) is 2.97. The van der Waals surface area contributed by atoms with Gasteiger partial charge in [0.1, 0.15) is 16.1 Å². The van der Waals surface area contributed by atoms with Crippen molar-refractivity contribution in [3.63, 3.8) is 0 Å². The first kappa shape index (κ1) is 16.2. The average molecular weight is 326 g/mol. The maximum atomic E-state index is 12.1. The number of primary amides is 1. The van der Waals surface area contributed by atoms with Gasteiger partial charge in [0.25, 0.3) is 0 Å². The van der Waals surface area contributed by atoms with Crippen molar-refractivity contribution in [2.45, 2.75) is 24.8 Å². The first-order valence-corrected chi connectivity index (χ1v) is 7.51. The van der Waals surface area contributed by atoms with Gasteiger partial charge in [-0.25, -0.2) is 13.4 Å². The number of nitrogens with two attached hydrogens (primary N) is 1. The normalized spacial score (nSPS) is 13.5. The van der Waals surface area contributed by atoms with Gasteiger partial charge in [-0.05, 0) is 12.0 Å². The summed E-state index contributed by atoms with van der Waals surface area (Å²) >= 11 is 11.3. The Labute approximate surface area is 121 Å². The van der Waals surface area contributed by atoms with Gasteiger partial charge in [0.05, 0.1) is 5.02 Å². The van der Waals surface area contributed by atoms with Crippen molar-refractivity contribution in [1.29, 1.82) is 0 Å². The van der Waals surface area contributed by atoms with Crippen LogP contribution in [0.4, 0.5) is 0 Å². The molecule has 9 heteroatoms. The monoisotopic (exact) mass is 325 g/mol. The molecular formula is C10H13Cl2N3O3S. The minimum absolute atomic E-state index is 0.00377. The second kappa shape index (κ2) is 6.04. The maximum Gasteiger partial charge on any atom is 0.242 e. The molecule has 0 fully saturated rings. The lowest BCUT2D eigenvalue weighted by Gasteiger charge is -2.18. The van der Waals surface area contributed by atoms with Crippen LogP contribution in [0.1, 0.15) is 13.8 Å². The van der Waals surface area contributed by atoms with Crippen molar-refractivity contribution in [3.05, 3.63) is 22.4 Å². The summed E-state index contributed by atoms with van der Waals surface area (Å²) in [7, 11) is -3.95. The summed E-state index contributed by atoms with van der Waals surface area (Å²) in [5.41, 5.74) is 5.15. The highest BCUT2D eigenvalue weighted by molar-refractivity contribution is 7.89. The van der Waals surface area contributed by atoms with Crippen LogP contribution in [-0.2, 0) is 14.8 Å². The fraction of sp³-hybridized carbons (Fsp3) is 0.400. The van der Waals surface area contributed by atoms with Crippen molar-refractivity contribution in [2.24, 2.45) is 11.7 Å². The molecule has 1 aromatic rings. The van der Waals surface area contributed by atoms with E-state index in [2.05, 4.69) is 9.71 Å². The number of nitrogens with one attached hydrogen (secondary N) is 1. The molecule has 0 bridgehead atoms. The van der Waals surface area contributed by atoms with E-state index in [1.807, 2.05) is 0 Å². The second-order valence-electron chi connectivity index (χ2n) is 4.19. The summed E-state index contributed by atoms with van der Waals surface area (Å²) in [6.45, 7) is 3.34. The van der Waals surface area contributed by atoms with Crippen molar-refractivity contribution < 1.29 is 13.2 Å². The van der Waals surface area contributed by atoms with Crippen LogP contribution in [0.25, 0.3) is 0 Å². The summed E-state index contributed by atoms with van der Waals surface area (Å²) in [5.74, 6) is -1.05. The molecule has 19 heavy (non-hydrogen) atoms. The van der Waals surface area contributed by atoms with Crippen molar-refractivity contribution >= 4 is 39.1 Å². The molecule has 1 rings (SSSR count). The number of halogens is 2. The molecule has 106 valence electrons. The van der Waals surface area contributed by atoms with Gasteiger partial charge in [0.2, 0.25) is 15.9 Å². The van der Waals surface area contributed by atoms with Gasteiger partial charge in [-0.15, -0.1) is 0 Å². The lowest BCUT2D eigenvalue weighted by molar-refractivity contribution is -0.120. The zero-order valence-corrected chi connectivity index (χ0v) is 12.6. The Morgan fingerprint density at radius 3 is 2.42 bits per heavy atom. The lowest BCUT2D eigenvalue weighted by atomic mass is 10.1. The third-order valence-corrected chi connectivity index (χ3v) is 4.43. The van der Waals surface area contributed by atoms with E-state index in [-0.39, 0.29) is 21.0 Å². The zero-order chi connectivity index (χ0) is 14.8. The summed E-state index contributed by atoms with van der Waals surface area (Å²) < 4.78 is 26.3. The minimum Gasteiger partial charge on any atom is -0.368 e. The highest BCUT2D eigenvalue weighted by Crippen LogP contribution is 2.22. The molecule has 0 aliphatic carbocycles. The number of carbonyl (C=O) groups excluding carboxylic acids is 1. The van der Waals surface area contributed by atoms with E-state index in [1.165, 1.54) is 0 Å². The van der Waals surface area contributed by atoms with Crippen molar-refractivity contribution in [2.75, 3.05) is 0 Å². The molecule has 0 spiro atoms. The largest absolute Gasteiger partial charge is 0.368 e. The Kier molecular flexibility index (Phi) is 5.14. The minimum atomic E-state index is -3.95. The SMILES string of the molecule is CC(C)C(NS(=O)(=O)c1cnc(Cl)c(Cl)c1)C(N)=O. The lowest BCUT2D eigenvalue weighted by Crippen LogP contribution is -2.47. The smallest absolute Gasteiger partial charge is 0.242 e. The quantitative estimate of drug-likeness (QED) is 0.793. The number of sulfonamides is 1. The zero-order valence-electron chi connectivity index (χ0n) is 10.2. The Morgan fingerprint density at radius 1 is 1.42 bits per heavy atom. The molecule has 0 aromatic carbocycles. The molecule has 0 aliphatic heterocycles. The van der Waals surface area contributed by atoms with Gasteiger partial charge >= 0.3 is 0 Å². The van der Waals surface area contributed by atoms with E-state index >= 15 is 0 Å². The number of amides is 1. The maximum absolute atomic E-state index is 12.1. The molecule has 1 unspecified atom stereocenters. The molecule has 6 nitrogen and oxygen atoms in total. The third kappa shape index (κ3) is 4.04. The molecular weight excluding hydrogens is 313 g/mol. The molecule has 1 aromatic heterocycles.